The summed E-state index contributed by atoms with van der Waals surface area (Å²) in [6.45, 7) is 4.72. The maximum Gasteiger partial charge on any atom is 0.134 e. The lowest BCUT2D eigenvalue weighted by Gasteiger charge is -2.33. The summed E-state index contributed by atoms with van der Waals surface area (Å²) < 4.78 is 0. The molecule has 3 aromatic rings. The van der Waals surface area contributed by atoms with Crippen LogP contribution in [-0.2, 0) is 13.0 Å². The van der Waals surface area contributed by atoms with E-state index in [2.05, 4.69) is 61.6 Å². The average Bonchev–Trinajstić information content (AvgIpc) is 2.74. The molecule has 1 fully saturated rings. The van der Waals surface area contributed by atoms with Gasteiger partial charge < -0.3 is 10.2 Å². The maximum absolute atomic E-state index is 4.68. The van der Waals surface area contributed by atoms with E-state index in [1.165, 1.54) is 24.8 Å². The lowest BCUT2D eigenvalue weighted by Crippen LogP contribution is -2.35. The molecule has 1 N–H and O–H groups in total. The highest BCUT2D eigenvalue weighted by molar-refractivity contribution is 5.49. The number of piperidine rings is 1. The van der Waals surface area contributed by atoms with E-state index in [0.29, 0.717) is 6.54 Å². The zero-order valence-corrected chi connectivity index (χ0v) is 16.4. The van der Waals surface area contributed by atoms with E-state index in [0.717, 1.165) is 42.2 Å². The van der Waals surface area contributed by atoms with Crippen molar-refractivity contribution in [2.24, 2.45) is 5.92 Å². The Bertz CT molecular complexity index is 874. The summed E-state index contributed by atoms with van der Waals surface area (Å²) in [6, 6.07) is 18.8. The van der Waals surface area contributed by atoms with Crippen LogP contribution in [0.4, 0.5) is 11.6 Å². The van der Waals surface area contributed by atoms with Crippen LogP contribution in [0.3, 0.4) is 0 Å². The zero-order chi connectivity index (χ0) is 19.2. The molecule has 0 spiro atoms. The van der Waals surface area contributed by atoms with Crippen LogP contribution in [0.25, 0.3) is 0 Å². The Hall–Kier alpha value is -2.95. The molecular weight excluding hydrogens is 346 g/mol. The van der Waals surface area contributed by atoms with Crippen molar-refractivity contribution in [2.75, 3.05) is 23.3 Å². The van der Waals surface area contributed by atoms with Crippen molar-refractivity contribution in [3.05, 3.63) is 77.9 Å². The van der Waals surface area contributed by atoms with Crippen LogP contribution in [-0.4, -0.2) is 28.0 Å². The summed E-state index contributed by atoms with van der Waals surface area (Å²) in [5, 5.41) is 3.38. The van der Waals surface area contributed by atoms with E-state index in [1.807, 2.05) is 31.3 Å². The van der Waals surface area contributed by atoms with Gasteiger partial charge in [0.05, 0.1) is 12.2 Å². The molecule has 1 saturated heterocycles. The second kappa shape index (κ2) is 8.83. The largest absolute Gasteiger partial charge is 0.364 e. The number of anilines is 2. The van der Waals surface area contributed by atoms with E-state index in [9.17, 15) is 0 Å². The highest BCUT2D eigenvalue weighted by Gasteiger charge is 2.21. The fraction of sp³-hybridized carbons (Fsp3) is 0.348. The van der Waals surface area contributed by atoms with Gasteiger partial charge in [0.15, 0.2) is 0 Å². The molecule has 3 heterocycles. The number of aryl methyl sites for hydroxylation is 1. The van der Waals surface area contributed by atoms with E-state index in [4.69, 9.17) is 0 Å². The number of nitrogens with one attached hydrogen (secondary N) is 1. The molecule has 1 aliphatic heterocycles. The van der Waals surface area contributed by atoms with Gasteiger partial charge in [-0.1, -0.05) is 36.4 Å². The molecule has 4 rings (SSSR count). The lowest BCUT2D eigenvalue weighted by atomic mass is 9.90. The minimum Gasteiger partial charge on any atom is -0.364 e. The fourth-order valence-electron chi connectivity index (χ4n) is 3.80. The number of aromatic nitrogens is 3. The number of pyridine rings is 1. The first kappa shape index (κ1) is 18.4. The van der Waals surface area contributed by atoms with Crippen LogP contribution >= 0.6 is 0 Å². The first-order chi connectivity index (χ1) is 13.8. The predicted octanol–water partition coefficient (Wildman–Crippen LogP) is 4.25. The molecule has 0 saturated carbocycles. The summed E-state index contributed by atoms with van der Waals surface area (Å²) in [5.41, 5.74) is 2.45. The second-order valence-corrected chi connectivity index (χ2v) is 7.45. The summed E-state index contributed by atoms with van der Waals surface area (Å²) >= 11 is 0. The Morgan fingerprint density at radius 1 is 1.00 bits per heavy atom. The molecule has 0 amide bonds. The molecular formula is C23H27N5. The number of hydrogen-bond donors (Lipinski definition) is 1. The number of rotatable bonds is 6. The van der Waals surface area contributed by atoms with E-state index in [1.54, 1.807) is 0 Å². The minimum atomic E-state index is 0.663. The van der Waals surface area contributed by atoms with Crippen LogP contribution in [0.5, 0.6) is 0 Å². The molecule has 1 aliphatic rings. The van der Waals surface area contributed by atoms with E-state index in [-0.39, 0.29) is 0 Å². The summed E-state index contributed by atoms with van der Waals surface area (Å²) in [5.74, 6) is 3.43. The Morgan fingerprint density at radius 3 is 2.54 bits per heavy atom. The first-order valence-corrected chi connectivity index (χ1v) is 10.0. The number of nitrogens with zero attached hydrogens (tertiary/aromatic N) is 4. The average molecular weight is 374 g/mol. The number of hydrogen-bond acceptors (Lipinski definition) is 5. The first-order valence-electron chi connectivity index (χ1n) is 10.0. The molecule has 5 heteroatoms. The fourth-order valence-corrected chi connectivity index (χ4v) is 3.80. The Morgan fingerprint density at radius 2 is 1.79 bits per heavy atom. The summed E-state index contributed by atoms with van der Waals surface area (Å²) in [6.07, 6.45) is 5.39. The van der Waals surface area contributed by atoms with Crippen molar-refractivity contribution in [1.29, 1.82) is 0 Å². The smallest absolute Gasteiger partial charge is 0.134 e. The van der Waals surface area contributed by atoms with Gasteiger partial charge in [0, 0.05) is 25.4 Å². The standard InChI is InChI=1S/C23H27N5/c1-18-26-22(25-17-21-9-5-6-12-24-21)16-23(27-18)28-13-10-20(11-14-28)15-19-7-3-2-4-8-19/h2-9,12,16,20H,10-11,13-15,17H2,1H3,(H,25,26,27). The van der Waals surface area contributed by atoms with Gasteiger partial charge >= 0.3 is 0 Å². The van der Waals surface area contributed by atoms with Gasteiger partial charge in [0.25, 0.3) is 0 Å². The van der Waals surface area contributed by atoms with Gasteiger partial charge in [-0.05, 0) is 49.8 Å². The predicted molar refractivity (Wildman–Crippen MR) is 113 cm³/mol. The molecule has 0 unspecified atom stereocenters. The highest BCUT2D eigenvalue weighted by Crippen LogP contribution is 2.26. The van der Waals surface area contributed by atoms with Crippen LogP contribution in [0, 0.1) is 12.8 Å². The van der Waals surface area contributed by atoms with Crippen molar-refractivity contribution in [2.45, 2.75) is 32.7 Å². The SMILES string of the molecule is Cc1nc(NCc2ccccn2)cc(N2CCC(Cc3ccccc3)CC2)n1. The van der Waals surface area contributed by atoms with E-state index >= 15 is 0 Å². The quantitative estimate of drug-likeness (QED) is 0.700. The zero-order valence-electron chi connectivity index (χ0n) is 16.4. The molecule has 144 valence electrons. The second-order valence-electron chi connectivity index (χ2n) is 7.45. The summed E-state index contributed by atoms with van der Waals surface area (Å²) in [4.78, 5) is 16.0. The van der Waals surface area contributed by atoms with Gasteiger partial charge in [-0.25, -0.2) is 9.97 Å². The normalized spacial score (nSPS) is 14.8. The topological polar surface area (TPSA) is 53.9 Å². The van der Waals surface area contributed by atoms with Crippen molar-refractivity contribution in [3.63, 3.8) is 0 Å². The highest BCUT2D eigenvalue weighted by atomic mass is 15.2. The summed E-state index contributed by atoms with van der Waals surface area (Å²) in [7, 11) is 0. The molecule has 2 aromatic heterocycles. The van der Waals surface area contributed by atoms with Crippen molar-refractivity contribution < 1.29 is 0 Å². The minimum absolute atomic E-state index is 0.663. The monoisotopic (exact) mass is 373 g/mol. The van der Waals surface area contributed by atoms with Crippen molar-refractivity contribution in [1.82, 2.24) is 15.0 Å². The van der Waals surface area contributed by atoms with Gasteiger partial charge in [-0.2, -0.15) is 0 Å². The molecule has 5 nitrogen and oxygen atoms in total. The third-order valence-electron chi connectivity index (χ3n) is 5.31. The van der Waals surface area contributed by atoms with Crippen LogP contribution in [0.2, 0.25) is 0 Å². The van der Waals surface area contributed by atoms with Crippen LogP contribution in [0.15, 0.2) is 60.8 Å². The Kier molecular flexibility index (Phi) is 5.80. The lowest BCUT2D eigenvalue weighted by molar-refractivity contribution is 0.402. The third-order valence-corrected chi connectivity index (χ3v) is 5.31. The van der Waals surface area contributed by atoms with Gasteiger partial charge in [0.1, 0.15) is 17.5 Å². The van der Waals surface area contributed by atoms with Crippen molar-refractivity contribution >= 4 is 11.6 Å². The van der Waals surface area contributed by atoms with Crippen molar-refractivity contribution in [3.8, 4) is 0 Å². The molecule has 28 heavy (non-hydrogen) atoms. The van der Waals surface area contributed by atoms with E-state index < -0.39 is 0 Å². The third kappa shape index (κ3) is 4.85. The van der Waals surface area contributed by atoms with Crippen LogP contribution in [0.1, 0.15) is 29.9 Å². The Labute approximate surface area is 166 Å². The van der Waals surface area contributed by atoms with Gasteiger partial charge in [-0.3, -0.25) is 4.98 Å². The molecule has 0 radical (unpaired) electrons. The maximum atomic E-state index is 4.68. The van der Waals surface area contributed by atoms with Crippen LogP contribution < -0.4 is 10.2 Å². The van der Waals surface area contributed by atoms with Gasteiger partial charge in [-0.15, -0.1) is 0 Å². The Balaban J connectivity index is 1.36. The van der Waals surface area contributed by atoms with Gasteiger partial charge in [0.2, 0.25) is 0 Å². The molecule has 0 aliphatic carbocycles. The molecule has 1 aromatic carbocycles. The molecule has 0 bridgehead atoms. The molecule has 0 atom stereocenters. The number of benzene rings is 1.